The van der Waals surface area contributed by atoms with E-state index in [-0.39, 0.29) is 0 Å². The highest BCUT2D eigenvalue weighted by molar-refractivity contribution is 6.04. The fourth-order valence-corrected chi connectivity index (χ4v) is 3.64. The van der Waals surface area contributed by atoms with Gasteiger partial charge in [-0.1, -0.05) is 31.2 Å². The first-order chi connectivity index (χ1) is 14.0. The summed E-state index contributed by atoms with van der Waals surface area (Å²) in [5, 5.41) is 0. The van der Waals surface area contributed by atoms with Gasteiger partial charge in [0, 0.05) is 23.7 Å². The highest BCUT2D eigenvalue weighted by atomic mass is 16.5. The van der Waals surface area contributed by atoms with Crippen LogP contribution in [-0.2, 0) is 0 Å². The van der Waals surface area contributed by atoms with Gasteiger partial charge in [-0.2, -0.15) is 0 Å². The van der Waals surface area contributed by atoms with Gasteiger partial charge in [0.05, 0.1) is 5.70 Å². The molecule has 4 rings (SSSR count). The molecule has 2 aromatic rings. The van der Waals surface area contributed by atoms with Crippen molar-refractivity contribution in [2.24, 2.45) is 22.4 Å². The molecule has 2 aromatic carbocycles. The highest BCUT2D eigenvalue weighted by Gasteiger charge is 2.29. The van der Waals surface area contributed by atoms with Crippen LogP contribution < -0.4 is 16.2 Å². The van der Waals surface area contributed by atoms with Crippen LogP contribution >= 0.6 is 0 Å². The third kappa shape index (κ3) is 3.76. The standard InChI is InChI=1S/C24H26N4O/c1-16-15-20(29-19-9-4-3-5-10-19)11-12-21(16)22(25)23-24(26)27-13-14-28(23)17(2)18-7-6-8-18/h3-5,9-15,18H,2,6-8,25H2,1H3,(H2,26,27)/b23-22-. The monoisotopic (exact) mass is 386 g/mol. The molecule has 1 aliphatic carbocycles. The molecule has 0 saturated heterocycles. The van der Waals surface area contributed by atoms with Gasteiger partial charge in [0.2, 0.25) is 0 Å². The van der Waals surface area contributed by atoms with E-state index in [9.17, 15) is 0 Å². The number of nitrogens with zero attached hydrogens (tertiary/aromatic N) is 2. The minimum Gasteiger partial charge on any atom is -0.457 e. The smallest absolute Gasteiger partial charge is 0.149 e. The van der Waals surface area contributed by atoms with E-state index in [1.54, 1.807) is 6.20 Å². The first-order valence-corrected chi connectivity index (χ1v) is 9.86. The zero-order chi connectivity index (χ0) is 20.4. The quantitative estimate of drug-likeness (QED) is 0.768. The largest absolute Gasteiger partial charge is 0.457 e. The number of aliphatic imine (C=N–C) groups is 1. The Morgan fingerprint density at radius 2 is 1.90 bits per heavy atom. The van der Waals surface area contributed by atoms with E-state index in [1.165, 1.54) is 6.42 Å². The van der Waals surface area contributed by atoms with E-state index in [0.29, 0.717) is 23.1 Å². The minimum atomic E-state index is 0.398. The first kappa shape index (κ1) is 18.9. The number of benzene rings is 2. The molecule has 0 radical (unpaired) electrons. The third-order valence-electron chi connectivity index (χ3n) is 5.52. The van der Waals surface area contributed by atoms with Gasteiger partial charge in [0.1, 0.15) is 23.0 Å². The van der Waals surface area contributed by atoms with E-state index in [4.69, 9.17) is 16.2 Å². The van der Waals surface area contributed by atoms with Gasteiger partial charge >= 0.3 is 0 Å². The van der Waals surface area contributed by atoms with Gasteiger partial charge in [-0.15, -0.1) is 0 Å². The Labute approximate surface area is 171 Å². The summed E-state index contributed by atoms with van der Waals surface area (Å²) >= 11 is 0. The molecule has 0 amide bonds. The predicted molar refractivity (Wildman–Crippen MR) is 118 cm³/mol. The molecule has 5 nitrogen and oxygen atoms in total. The number of nitrogens with two attached hydrogens (primary N) is 2. The zero-order valence-electron chi connectivity index (χ0n) is 16.6. The van der Waals surface area contributed by atoms with Crippen LogP contribution in [0.25, 0.3) is 5.70 Å². The van der Waals surface area contributed by atoms with Crippen LogP contribution in [0.3, 0.4) is 0 Å². The van der Waals surface area contributed by atoms with Crippen LogP contribution in [-0.4, -0.2) is 10.7 Å². The number of hydrogen-bond acceptors (Lipinski definition) is 5. The van der Waals surface area contributed by atoms with E-state index in [0.717, 1.165) is 41.2 Å². The summed E-state index contributed by atoms with van der Waals surface area (Å²) in [6, 6.07) is 15.6. The van der Waals surface area contributed by atoms with E-state index >= 15 is 0 Å². The van der Waals surface area contributed by atoms with Crippen molar-refractivity contribution in [2.45, 2.75) is 26.2 Å². The van der Waals surface area contributed by atoms with Gasteiger partial charge in [0.25, 0.3) is 0 Å². The van der Waals surface area contributed by atoms with Crippen molar-refractivity contribution in [2.75, 3.05) is 0 Å². The summed E-state index contributed by atoms with van der Waals surface area (Å²) in [5.74, 6) is 2.42. The van der Waals surface area contributed by atoms with Gasteiger partial charge in [-0.05, 0) is 61.6 Å². The molecule has 0 unspecified atom stereocenters. The molecule has 2 aliphatic rings. The van der Waals surface area contributed by atoms with Crippen LogP contribution in [0.5, 0.6) is 11.5 Å². The van der Waals surface area contributed by atoms with Crippen molar-refractivity contribution in [1.82, 2.24) is 4.90 Å². The Balaban J connectivity index is 1.66. The lowest BCUT2D eigenvalue weighted by Crippen LogP contribution is -2.35. The summed E-state index contributed by atoms with van der Waals surface area (Å²) in [6.07, 6.45) is 7.12. The van der Waals surface area contributed by atoms with E-state index < -0.39 is 0 Å². The molecule has 1 fully saturated rings. The summed E-state index contributed by atoms with van der Waals surface area (Å²) in [7, 11) is 0. The molecular weight excluding hydrogens is 360 g/mol. The fraction of sp³-hybridized carbons (Fsp3) is 0.208. The van der Waals surface area contributed by atoms with Crippen LogP contribution in [0.15, 0.2) is 83.9 Å². The predicted octanol–water partition coefficient (Wildman–Crippen LogP) is 4.87. The van der Waals surface area contributed by atoms with Crippen molar-refractivity contribution in [3.63, 3.8) is 0 Å². The maximum atomic E-state index is 6.61. The number of ether oxygens (including phenoxy) is 1. The maximum Gasteiger partial charge on any atom is 0.149 e. The molecule has 148 valence electrons. The number of amidine groups is 1. The summed E-state index contributed by atoms with van der Waals surface area (Å²) in [4.78, 5) is 6.26. The number of hydrogen-bond donors (Lipinski definition) is 2. The lowest BCUT2D eigenvalue weighted by atomic mass is 9.82. The summed E-state index contributed by atoms with van der Waals surface area (Å²) in [6.45, 7) is 6.31. The summed E-state index contributed by atoms with van der Waals surface area (Å²) in [5.41, 5.74) is 17.1. The Morgan fingerprint density at radius 1 is 1.14 bits per heavy atom. The van der Waals surface area contributed by atoms with Crippen LogP contribution in [0.1, 0.15) is 30.4 Å². The molecule has 5 heteroatoms. The highest BCUT2D eigenvalue weighted by Crippen LogP contribution is 2.37. The van der Waals surface area contributed by atoms with E-state index in [1.807, 2.05) is 66.6 Å². The molecule has 1 heterocycles. The Bertz CT molecular complexity index is 1020. The van der Waals surface area contributed by atoms with Crippen molar-refractivity contribution in [3.8, 4) is 11.5 Å². The number of allylic oxidation sites excluding steroid dienone is 1. The normalized spacial score (nSPS) is 18.1. The molecule has 29 heavy (non-hydrogen) atoms. The Hall–Kier alpha value is -3.47. The van der Waals surface area contributed by atoms with Gasteiger partial charge < -0.3 is 21.1 Å². The topological polar surface area (TPSA) is 76.9 Å². The second-order valence-electron chi connectivity index (χ2n) is 7.46. The van der Waals surface area contributed by atoms with Crippen LogP contribution in [0.2, 0.25) is 0 Å². The average molecular weight is 386 g/mol. The molecule has 0 atom stereocenters. The van der Waals surface area contributed by atoms with Crippen molar-refractivity contribution < 1.29 is 4.74 Å². The molecule has 4 N–H and O–H groups in total. The Morgan fingerprint density at radius 3 is 2.55 bits per heavy atom. The van der Waals surface area contributed by atoms with Crippen molar-refractivity contribution in [3.05, 3.63) is 90.0 Å². The molecule has 1 saturated carbocycles. The van der Waals surface area contributed by atoms with Crippen LogP contribution in [0, 0.1) is 12.8 Å². The third-order valence-corrected chi connectivity index (χ3v) is 5.52. The van der Waals surface area contributed by atoms with Crippen LogP contribution in [0.4, 0.5) is 0 Å². The maximum absolute atomic E-state index is 6.61. The molecule has 0 spiro atoms. The first-order valence-electron chi connectivity index (χ1n) is 9.86. The fourth-order valence-electron chi connectivity index (χ4n) is 3.64. The van der Waals surface area contributed by atoms with Crippen molar-refractivity contribution >= 4 is 11.5 Å². The zero-order valence-corrected chi connectivity index (χ0v) is 16.6. The molecule has 1 aliphatic heterocycles. The molecule has 0 bridgehead atoms. The molecule has 0 aromatic heterocycles. The number of rotatable bonds is 5. The summed E-state index contributed by atoms with van der Waals surface area (Å²) < 4.78 is 5.93. The van der Waals surface area contributed by atoms with Gasteiger partial charge in [0.15, 0.2) is 0 Å². The minimum absolute atomic E-state index is 0.398. The van der Waals surface area contributed by atoms with Gasteiger partial charge in [-0.25, -0.2) is 4.99 Å². The lowest BCUT2D eigenvalue weighted by molar-refractivity contribution is 0.317. The molecular formula is C24H26N4O. The number of aryl methyl sites for hydroxylation is 1. The SMILES string of the molecule is C=C(C1CCC1)N1C=CN=C(N)/C1=C(/N)c1ccc(Oc2ccccc2)cc1C. The second-order valence-corrected chi connectivity index (χ2v) is 7.46. The Kier molecular flexibility index (Phi) is 5.12. The lowest BCUT2D eigenvalue weighted by Gasteiger charge is -2.36. The van der Waals surface area contributed by atoms with Crippen molar-refractivity contribution in [1.29, 1.82) is 0 Å². The number of para-hydroxylation sites is 1. The van der Waals surface area contributed by atoms with E-state index in [2.05, 4.69) is 11.6 Å². The van der Waals surface area contributed by atoms with Gasteiger partial charge in [-0.3, -0.25) is 0 Å². The second kappa shape index (κ2) is 7.87. The average Bonchev–Trinajstić information content (AvgIpc) is 2.67.